The fourth-order valence-electron chi connectivity index (χ4n) is 4.05. The van der Waals surface area contributed by atoms with Crippen LogP contribution in [0, 0.1) is 0 Å². The van der Waals surface area contributed by atoms with Crippen molar-refractivity contribution in [3.8, 4) is 5.75 Å². The Bertz CT molecular complexity index is 748. The third-order valence-electron chi connectivity index (χ3n) is 5.29. The Morgan fingerprint density at radius 1 is 0.966 bits per heavy atom. The first-order chi connectivity index (χ1) is 13.7. The second-order valence-corrected chi connectivity index (χ2v) is 8.48. The predicted octanol–water partition coefficient (Wildman–Crippen LogP) is 1.75. The Morgan fingerprint density at radius 3 is 2.28 bits per heavy atom. The maximum Gasteiger partial charge on any atom is 0.252 e. The van der Waals surface area contributed by atoms with E-state index in [1.54, 1.807) is 7.11 Å². The van der Waals surface area contributed by atoms with E-state index in [4.69, 9.17) is 28.4 Å². The van der Waals surface area contributed by atoms with Gasteiger partial charge in [0.2, 0.25) is 0 Å². The molecule has 8 nitrogen and oxygen atoms in total. The largest absolute Gasteiger partial charge is 0.497 e. The lowest BCUT2D eigenvalue weighted by Gasteiger charge is -2.36. The van der Waals surface area contributed by atoms with Gasteiger partial charge in [0, 0.05) is 6.54 Å². The molecular formula is C21H29NO7. The molecule has 0 saturated carbocycles. The average Bonchev–Trinajstić information content (AvgIpc) is 3.15. The summed E-state index contributed by atoms with van der Waals surface area (Å²) in [5.41, 5.74) is 1.10. The topological polar surface area (TPSA) is 84.5 Å². The lowest BCUT2D eigenvalue weighted by atomic mass is 9.98. The Labute approximate surface area is 170 Å². The van der Waals surface area contributed by atoms with Crippen LogP contribution in [0.2, 0.25) is 0 Å². The summed E-state index contributed by atoms with van der Waals surface area (Å²) in [4.78, 5) is 12.9. The number of fused-ring (bicyclic) bond motifs is 3. The summed E-state index contributed by atoms with van der Waals surface area (Å²) in [5.74, 6) is -1.08. The monoisotopic (exact) mass is 407 g/mol. The Hall–Kier alpha value is -1.71. The van der Waals surface area contributed by atoms with E-state index in [-0.39, 0.29) is 5.91 Å². The van der Waals surface area contributed by atoms with Crippen molar-refractivity contribution in [2.45, 2.75) is 76.4 Å². The molecule has 8 heteroatoms. The number of carbonyl (C=O) groups excluding carboxylic acids is 1. The van der Waals surface area contributed by atoms with Crippen molar-refractivity contribution in [1.29, 1.82) is 0 Å². The molecule has 0 spiro atoms. The quantitative estimate of drug-likeness (QED) is 0.796. The van der Waals surface area contributed by atoms with Crippen molar-refractivity contribution < 1.29 is 33.2 Å². The highest BCUT2D eigenvalue weighted by molar-refractivity contribution is 5.81. The molecule has 4 rings (SSSR count). The van der Waals surface area contributed by atoms with Gasteiger partial charge in [0.15, 0.2) is 24.0 Å². The maximum atomic E-state index is 12.9. The molecule has 3 saturated heterocycles. The summed E-state index contributed by atoms with van der Waals surface area (Å²) in [6.45, 7) is 7.74. The van der Waals surface area contributed by atoms with E-state index >= 15 is 0 Å². The molecule has 0 aromatic heterocycles. The first kappa shape index (κ1) is 20.6. The minimum absolute atomic E-state index is 0.249. The van der Waals surface area contributed by atoms with Gasteiger partial charge in [-0.1, -0.05) is 12.1 Å². The van der Waals surface area contributed by atoms with Gasteiger partial charge < -0.3 is 33.7 Å². The molecule has 3 aliphatic heterocycles. The molecule has 0 unspecified atom stereocenters. The van der Waals surface area contributed by atoms with Crippen LogP contribution in [0.15, 0.2) is 24.3 Å². The van der Waals surface area contributed by atoms with Gasteiger partial charge in [0.05, 0.1) is 7.11 Å². The van der Waals surface area contributed by atoms with Crippen molar-refractivity contribution in [3.63, 3.8) is 0 Å². The average molecular weight is 407 g/mol. The number of amides is 1. The van der Waals surface area contributed by atoms with Gasteiger partial charge in [-0.15, -0.1) is 0 Å². The van der Waals surface area contributed by atoms with Gasteiger partial charge in [0.1, 0.15) is 24.1 Å². The summed E-state index contributed by atoms with van der Waals surface area (Å²) in [6.07, 6.45) is -2.27. The SMILES string of the molecule is COc1ccc(CCNC(=O)[C@H]2O[C@@H]3OC(C)(C)O[C@@H]3[C@@H]3OC(C)(C)O[C@@H]32)cc1. The van der Waals surface area contributed by atoms with E-state index in [1.807, 2.05) is 52.0 Å². The van der Waals surface area contributed by atoms with E-state index in [0.29, 0.717) is 13.0 Å². The lowest BCUT2D eigenvalue weighted by molar-refractivity contribution is -0.231. The maximum absolute atomic E-state index is 12.9. The van der Waals surface area contributed by atoms with Crippen molar-refractivity contribution in [2.24, 2.45) is 0 Å². The van der Waals surface area contributed by atoms with Crippen molar-refractivity contribution >= 4 is 5.91 Å². The van der Waals surface area contributed by atoms with Crippen LogP contribution >= 0.6 is 0 Å². The molecule has 1 aromatic carbocycles. The number of carbonyl (C=O) groups is 1. The van der Waals surface area contributed by atoms with E-state index in [2.05, 4.69) is 5.32 Å². The second kappa shape index (κ2) is 7.52. The molecular weight excluding hydrogens is 378 g/mol. The molecule has 5 atom stereocenters. The normalized spacial score (nSPS) is 34.3. The van der Waals surface area contributed by atoms with Gasteiger partial charge in [0.25, 0.3) is 5.91 Å². The summed E-state index contributed by atoms with van der Waals surface area (Å²) in [5, 5.41) is 2.94. The van der Waals surface area contributed by atoms with Gasteiger partial charge in [-0.2, -0.15) is 0 Å². The smallest absolute Gasteiger partial charge is 0.252 e. The van der Waals surface area contributed by atoms with Crippen LogP contribution in [0.1, 0.15) is 33.3 Å². The van der Waals surface area contributed by atoms with Crippen molar-refractivity contribution in [3.05, 3.63) is 29.8 Å². The van der Waals surface area contributed by atoms with Gasteiger partial charge in [-0.25, -0.2) is 0 Å². The van der Waals surface area contributed by atoms with E-state index in [1.165, 1.54) is 0 Å². The Morgan fingerprint density at radius 2 is 1.59 bits per heavy atom. The number of hydrogen-bond acceptors (Lipinski definition) is 7. The van der Waals surface area contributed by atoms with Crippen LogP contribution in [0.3, 0.4) is 0 Å². The van der Waals surface area contributed by atoms with Crippen LogP contribution in [0.5, 0.6) is 5.75 Å². The first-order valence-corrected chi connectivity index (χ1v) is 9.95. The molecule has 0 aliphatic carbocycles. The standard InChI is InChI=1S/C21H29NO7/c1-20(2)26-14-15(27-20)17-19(29-21(3,4)28-17)25-16(14)18(23)22-11-10-12-6-8-13(24-5)9-7-12/h6-9,14-17,19H,10-11H2,1-5H3,(H,22,23)/t14-,15+,16-,17+,19+/m0/s1. The van der Waals surface area contributed by atoms with E-state index < -0.39 is 42.3 Å². The van der Waals surface area contributed by atoms with Gasteiger partial charge >= 0.3 is 0 Å². The molecule has 160 valence electrons. The molecule has 0 radical (unpaired) electrons. The molecule has 0 bridgehead atoms. The van der Waals surface area contributed by atoms with Crippen LogP contribution in [0.4, 0.5) is 0 Å². The number of benzene rings is 1. The predicted molar refractivity (Wildman–Crippen MR) is 102 cm³/mol. The number of ether oxygens (including phenoxy) is 6. The molecule has 1 amide bonds. The number of nitrogens with one attached hydrogen (secondary N) is 1. The second-order valence-electron chi connectivity index (χ2n) is 8.48. The highest BCUT2D eigenvalue weighted by Gasteiger charge is 2.62. The molecule has 1 aromatic rings. The summed E-state index contributed by atoms with van der Waals surface area (Å²) in [7, 11) is 1.63. The zero-order valence-corrected chi connectivity index (χ0v) is 17.5. The Kier molecular flexibility index (Phi) is 5.33. The molecule has 29 heavy (non-hydrogen) atoms. The number of methoxy groups -OCH3 is 1. The minimum atomic E-state index is -0.837. The minimum Gasteiger partial charge on any atom is -0.497 e. The summed E-state index contributed by atoms with van der Waals surface area (Å²) in [6, 6.07) is 7.75. The zero-order chi connectivity index (χ0) is 20.8. The van der Waals surface area contributed by atoms with Crippen molar-refractivity contribution in [1.82, 2.24) is 5.32 Å². The summed E-state index contributed by atoms with van der Waals surface area (Å²) >= 11 is 0. The highest BCUT2D eigenvalue weighted by Crippen LogP contribution is 2.44. The van der Waals surface area contributed by atoms with Crippen LogP contribution in [-0.4, -0.2) is 61.8 Å². The third kappa shape index (κ3) is 4.27. The van der Waals surface area contributed by atoms with Crippen LogP contribution in [0.25, 0.3) is 0 Å². The molecule has 3 heterocycles. The van der Waals surface area contributed by atoms with E-state index in [0.717, 1.165) is 11.3 Å². The molecule has 1 N–H and O–H groups in total. The number of hydrogen-bond donors (Lipinski definition) is 1. The molecule has 3 fully saturated rings. The summed E-state index contributed by atoms with van der Waals surface area (Å²) < 4.78 is 34.9. The van der Waals surface area contributed by atoms with Gasteiger partial charge in [-0.3, -0.25) is 4.79 Å². The number of rotatable bonds is 5. The van der Waals surface area contributed by atoms with Gasteiger partial charge in [-0.05, 0) is 51.8 Å². The van der Waals surface area contributed by atoms with Crippen LogP contribution in [-0.2, 0) is 34.9 Å². The third-order valence-corrected chi connectivity index (χ3v) is 5.29. The fourth-order valence-corrected chi connectivity index (χ4v) is 4.05. The zero-order valence-electron chi connectivity index (χ0n) is 17.5. The first-order valence-electron chi connectivity index (χ1n) is 9.95. The highest BCUT2D eigenvalue weighted by atomic mass is 16.9. The van der Waals surface area contributed by atoms with E-state index in [9.17, 15) is 4.79 Å². The fraction of sp³-hybridized carbons (Fsp3) is 0.667. The van der Waals surface area contributed by atoms with Crippen LogP contribution < -0.4 is 10.1 Å². The Balaban J connectivity index is 1.40. The molecule has 3 aliphatic rings. The lowest BCUT2D eigenvalue weighted by Crippen LogP contribution is -2.59. The van der Waals surface area contributed by atoms with Crippen molar-refractivity contribution in [2.75, 3.05) is 13.7 Å².